The predicted molar refractivity (Wildman–Crippen MR) is 74.7 cm³/mol. The molecular formula is C13H9BrCl2O. The van der Waals surface area contributed by atoms with Crippen molar-refractivity contribution in [2.24, 2.45) is 0 Å². The van der Waals surface area contributed by atoms with E-state index in [1.54, 1.807) is 24.3 Å². The maximum atomic E-state index is 10.3. The first-order valence-electron chi connectivity index (χ1n) is 4.97. The van der Waals surface area contributed by atoms with Crippen LogP contribution in [-0.4, -0.2) is 5.11 Å². The molecular weight excluding hydrogens is 323 g/mol. The van der Waals surface area contributed by atoms with E-state index in [0.29, 0.717) is 15.6 Å². The second-order valence-electron chi connectivity index (χ2n) is 3.60. The second kappa shape index (κ2) is 5.40. The van der Waals surface area contributed by atoms with Crippen molar-refractivity contribution < 1.29 is 5.11 Å². The summed E-state index contributed by atoms with van der Waals surface area (Å²) in [4.78, 5) is 0. The van der Waals surface area contributed by atoms with E-state index >= 15 is 0 Å². The van der Waals surface area contributed by atoms with Crippen LogP contribution in [0.1, 0.15) is 17.2 Å². The van der Waals surface area contributed by atoms with Gasteiger partial charge in [-0.2, -0.15) is 0 Å². The van der Waals surface area contributed by atoms with Gasteiger partial charge in [0.25, 0.3) is 0 Å². The summed E-state index contributed by atoms with van der Waals surface area (Å²) in [5.41, 5.74) is 1.38. The van der Waals surface area contributed by atoms with Gasteiger partial charge < -0.3 is 5.11 Å². The van der Waals surface area contributed by atoms with Crippen molar-refractivity contribution in [3.05, 3.63) is 68.1 Å². The van der Waals surface area contributed by atoms with E-state index in [9.17, 15) is 5.11 Å². The minimum atomic E-state index is -0.779. The van der Waals surface area contributed by atoms with Gasteiger partial charge in [-0.05, 0) is 39.7 Å². The van der Waals surface area contributed by atoms with Crippen molar-refractivity contribution in [2.75, 3.05) is 0 Å². The molecule has 0 amide bonds. The van der Waals surface area contributed by atoms with Crippen molar-refractivity contribution in [3.63, 3.8) is 0 Å². The molecule has 2 rings (SSSR count). The normalized spacial score (nSPS) is 12.5. The summed E-state index contributed by atoms with van der Waals surface area (Å²) in [6.45, 7) is 0. The molecule has 1 unspecified atom stereocenters. The van der Waals surface area contributed by atoms with Crippen molar-refractivity contribution in [1.29, 1.82) is 0 Å². The summed E-state index contributed by atoms with van der Waals surface area (Å²) in [5.74, 6) is 0. The van der Waals surface area contributed by atoms with E-state index in [1.807, 2.05) is 18.2 Å². The lowest BCUT2D eigenvalue weighted by atomic mass is 10.0. The van der Waals surface area contributed by atoms with Gasteiger partial charge in [0.2, 0.25) is 0 Å². The van der Waals surface area contributed by atoms with Gasteiger partial charge in [-0.25, -0.2) is 0 Å². The molecule has 0 aromatic heterocycles. The fraction of sp³-hybridized carbons (Fsp3) is 0.0769. The molecule has 1 nitrogen and oxygen atoms in total. The molecule has 1 N–H and O–H groups in total. The number of aliphatic hydroxyl groups excluding tert-OH is 1. The standard InChI is InChI=1S/C13H9BrCl2O/c14-11-6-2-5-10(12(11)16)13(17)8-3-1-4-9(15)7-8/h1-7,13,17H. The third kappa shape index (κ3) is 2.83. The van der Waals surface area contributed by atoms with Crippen LogP contribution in [0.3, 0.4) is 0 Å². The summed E-state index contributed by atoms with van der Waals surface area (Å²) in [7, 11) is 0. The second-order valence-corrected chi connectivity index (χ2v) is 5.27. The highest BCUT2D eigenvalue weighted by atomic mass is 79.9. The van der Waals surface area contributed by atoms with Gasteiger partial charge in [0.05, 0.1) is 5.02 Å². The Morgan fingerprint density at radius 1 is 1.06 bits per heavy atom. The molecule has 0 radical (unpaired) electrons. The molecule has 17 heavy (non-hydrogen) atoms. The Balaban J connectivity index is 2.44. The predicted octanol–water partition coefficient (Wildman–Crippen LogP) is 4.84. The highest BCUT2D eigenvalue weighted by molar-refractivity contribution is 9.10. The van der Waals surface area contributed by atoms with Crippen LogP contribution >= 0.6 is 39.1 Å². The zero-order chi connectivity index (χ0) is 12.4. The van der Waals surface area contributed by atoms with Gasteiger partial charge in [0, 0.05) is 15.1 Å². The van der Waals surface area contributed by atoms with Gasteiger partial charge in [0.15, 0.2) is 0 Å². The van der Waals surface area contributed by atoms with Crippen LogP contribution in [0.15, 0.2) is 46.9 Å². The van der Waals surface area contributed by atoms with Crippen LogP contribution in [0.2, 0.25) is 10.0 Å². The Hall–Kier alpha value is -0.540. The Morgan fingerprint density at radius 2 is 1.76 bits per heavy atom. The lowest BCUT2D eigenvalue weighted by molar-refractivity contribution is 0.220. The van der Waals surface area contributed by atoms with E-state index in [1.165, 1.54) is 0 Å². The average molecular weight is 332 g/mol. The molecule has 0 aliphatic heterocycles. The van der Waals surface area contributed by atoms with Crippen molar-refractivity contribution in [1.82, 2.24) is 0 Å². The maximum Gasteiger partial charge on any atom is 0.106 e. The fourth-order valence-electron chi connectivity index (χ4n) is 1.59. The van der Waals surface area contributed by atoms with E-state index < -0.39 is 6.10 Å². The topological polar surface area (TPSA) is 20.2 Å². The molecule has 2 aromatic rings. The molecule has 0 saturated carbocycles. The van der Waals surface area contributed by atoms with Gasteiger partial charge in [-0.3, -0.25) is 0 Å². The lowest BCUT2D eigenvalue weighted by Gasteiger charge is -2.14. The fourth-order valence-corrected chi connectivity index (χ4v) is 2.40. The Bertz CT molecular complexity index is 543. The highest BCUT2D eigenvalue weighted by Crippen LogP contribution is 2.33. The molecule has 0 bridgehead atoms. The first kappa shape index (κ1) is 12.9. The molecule has 2 aromatic carbocycles. The Kier molecular flexibility index (Phi) is 4.10. The van der Waals surface area contributed by atoms with Gasteiger partial charge in [-0.1, -0.05) is 47.5 Å². The minimum Gasteiger partial charge on any atom is -0.384 e. The SMILES string of the molecule is OC(c1cccc(Cl)c1)c1cccc(Br)c1Cl. The summed E-state index contributed by atoms with van der Waals surface area (Å²) in [6, 6.07) is 12.6. The highest BCUT2D eigenvalue weighted by Gasteiger charge is 2.15. The zero-order valence-electron chi connectivity index (χ0n) is 8.70. The molecule has 0 aliphatic rings. The number of halogens is 3. The van der Waals surface area contributed by atoms with Gasteiger partial charge in [-0.15, -0.1) is 0 Å². The molecule has 0 fully saturated rings. The maximum absolute atomic E-state index is 10.3. The summed E-state index contributed by atoms with van der Waals surface area (Å²) in [6.07, 6.45) is -0.779. The number of aliphatic hydroxyl groups is 1. The third-order valence-electron chi connectivity index (χ3n) is 2.44. The first-order chi connectivity index (χ1) is 8.09. The number of benzene rings is 2. The Labute approximate surface area is 118 Å². The number of rotatable bonds is 2. The number of hydrogen-bond acceptors (Lipinski definition) is 1. The van der Waals surface area contributed by atoms with Crippen LogP contribution in [0, 0.1) is 0 Å². The smallest absolute Gasteiger partial charge is 0.106 e. The monoisotopic (exact) mass is 330 g/mol. The van der Waals surface area contributed by atoms with Gasteiger partial charge in [0.1, 0.15) is 6.10 Å². The zero-order valence-corrected chi connectivity index (χ0v) is 11.8. The minimum absolute atomic E-state index is 0.514. The van der Waals surface area contributed by atoms with Crippen molar-refractivity contribution >= 4 is 39.1 Å². The van der Waals surface area contributed by atoms with Crippen LogP contribution in [-0.2, 0) is 0 Å². The van der Waals surface area contributed by atoms with Crippen LogP contribution < -0.4 is 0 Å². The van der Waals surface area contributed by atoms with E-state index in [2.05, 4.69) is 15.9 Å². The Morgan fingerprint density at radius 3 is 2.47 bits per heavy atom. The largest absolute Gasteiger partial charge is 0.384 e. The van der Waals surface area contributed by atoms with E-state index in [0.717, 1.165) is 10.0 Å². The van der Waals surface area contributed by atoms with Gasteiger partial charge >= 0.3 is 0 Å². The van der Waals surface area contributed by atoms with Crippen LogP contribution in [0.5, 0.6) is 0 Å². The van der Waals surface area contributed by atoms with Crippen molar-refractivity contribution in [3.8, 4) is 0 Å². The van der Waals surface area contributed by atoms with E-state index in [-0.39, 0.29) is 0 Å². The lowest BCUT2D eigenvalue weighted by Crippen LogP contribution is -2.00. The quantitative estimate of drug-likeness (QED) is 0.835. The van der Waals surface area contributed by atoms with Crippen LogP contribution in [0.25, 0.3) is 0 Å². The molecule has 88 valence electrons. The summed E-state index contributed by atoms with van der Waals surface area (Å²) in [5, 5.41) is 11.4. The molecule has 0 saturated heterocycles. The molecule has 0 heterocycles. The average Bonchev–Trinajstić information content (AvgIpc) is 2.32. The first-order valence-corrected chi connectivity index (χ1v) is 6.52. The summed E-state index contributed by atoms with van der Waals surface area (Å²) < 4.78 is 0.762. The summed E-state index contributed by atoms with van der Waals surface area (Å²) >= 11 is 15.4. The third-order valence-corrected chi connectivity index (χ3v) is 3.99. The van der Waals surface area contributed by atoms with Crippen LogP contribution in [0.4, 0.5) is 0 Å². The molecule has 1 atom stereocenters. The number of hydrogen-bond donors (Lipinski definition) is 1. The molecule has 0 spiro atoms. The van der Waals surface area contributed by atoms with Crippen molar-refractivity contribution in [2.45, 2.75) is 6.10 Å². The molecule has 4 heteroatoms. The molecule has 0 aliphatic carbocycles. The van der Waals surface area contributed by atoms with E-state index in [4.69, 9.17) is 23.2 Å².